The monoisotopic (exact) mass is 319 g/mol. The third-order valence-corrected chi connectivity index (χ3v) is 5.58. The van der Waals surface area contributed by atoms with Crippen LogP contribution in [0.4, 0.5) is 0 Å². The van der Waals surface area contributed by atoms with Gasteiger partial charge in [0.1, 0.15) is 0 Å². The fourth-order valence-electron chi connectivity index (χ4n) is 1.72. The lowest BCUT2D eigenvalue weighted by Gasteiger charge is -2.28. The predicted octanol–water partition coefficient (Wildman–Crippen LogP) is 1.18. The summed E-state index contributed by atoms with van der Waals surface area (Å²) >= 11 is 0. The molecule has 0 aliphatic carbocycles. The van der Waals surface area contributed by atoms with Crippen molar-refractivity contribution < 1.29 is 28.0 Å². The predicted molar refractivity (Wildman–Crippen MR) is 79.8 cm³/mol. The van der Waals surface area contributed by atoms with Crippen molar-refractivity contribution in [3.63, 3.8) is 0 Å². The first-order valence-corrected chi connectivity index (χ1v) is 9.03. The number of amides is 1. The van der Waals surface area contributed by atoms with E-state index in [4.69, 9.17) is 18.4 Å². The molecule has 21 heavy (non-hydrogen) atoms. The highest BCUT2D eigenvalue weighted by Crippen LogP contribution is 2.17. The van der Waals surface area contributed by atoms with Crippen LogP contribution in [0.15, 0.2) is 12.2 Å². The van der Waals surface area contributed by atoms with Crippen molar-refractivity contribution in [3.8, 4) is 0 Å². The van der Waals surface area contributed by atoms with Crippen LogP contribution in [-0.4, -0.2) is 52.2 Å². The Balaban J connectivity index is 4.23. The average Bonchev–Trinajstić information content (AvgIpc) is 2.42. The zero-order chi connectivity index (χ0) is 16.1. The molecule has 0 aromatic rings. The summed E-state index contributed by atoms with van der Waals surface area (Å²) in [5.41, 5.74) is 0. The van der Waals surface area contributed by atoms with E-state index in [9.17, 15) is 9.59 Å². The minimum atomic E-state index is -2.67. The van der Waals surface area contributed by atoms with E-state index in [1.807, 2.05) is 20.8 Å². The Morgan fingerprint density at radius 1 is 1.05 bits per heavy atom. The number of carboxylic acids is 1. The molecule has 0 rings (SSSR count). The highest BCUT2D eigenvalue weighted by molar-refractivity contribution is 6.60. The van der Waals surface area contributed by atoms with Crippen LogP contribution in [0.1, 0.15) is 27.2 Å². The van der Waals surface area contributed by atoms with Gasteiger partial charge in [-0.1, -0.05) is 0 Å². The zero-order valence-electron chi connectivity index (χ0n) is 12.9. The maximum absolute atomic E-state index is 11.3. The second kappa shape index (κ2) is 11.4. The van der Waals surface area contributed by atoms with Gasteiger partial charge in [0.05, 0.1) is 0 Å². The third kappa shape index (κ3) is 9.35. The summed E-state index contributed by atoms with van der Waals surface area (Å²) < 4.78 is 17.1. The average molecular weight is 319 g/mol. The minimum absolute atomic E-state index is 0.408. The Morgan fingerprint density at radius 2 is 1.57 bits per heavy atom. The van der Waals surface area contributed by atoms with Crippen molar-refractivity contribution >= 4 is 20.7 Å². The molecule has 0 saturated heterocycles. The molecule has 7 nitrogen and oxygen atoms in total. The number of carbonyl (C=O) groups excluding carboxylic acids is 1. The van der Waals surface area contributed by atoms with Crippen LogP contribution >= 0.6 is 0 Å². The first kappa shape index (κ1) is 19.8. The number of carboxylic acid groups (broad SMARTS) is 1. The lowest BCUT2D eigenvalue weighted by atomic mass is 10.4. The highest BCUT2D eigenvalue weighted by Gasteiger charge is 2.39. The van der Waals surface area contributed by atoms with Crippen molar-refractivity contribution in [3.05, 3.63) is 12.2 Å². The van der Waals surface area contributed by atoms with Crippen LogP contribution in [0.2, 0.25) is 6.04 Å². The molecular weight excluding hydrogens is 294 g/mol. The van der Waals surface area contributed by atoms with Crippen LogP contribution < -0.4 is 5.32 Å². The van der Waals surface area contributed by atoms with Crippen LogP contribution in [0.5, 0.6) is 0 Å². The molecule has 0 radical (unpaired) electrons. The van der Waals surface area contributed by atoms with E-state index in [1.54, 1.807) is 0 Å². The summed E-state index contributed by atoms with van der Waals surface area (Å²) in [6.07, 6.45) is 2.43. The molecule has 122 valence electrons. The first-order valence-electron chi connectivity index (χ1n) is 7.10. The second-order valence-corrected chi connectivity index (χ2v) is 6.78. The summed E-state index contributed by atoms with van der Waals surface area (Å²) in [5.74, 6) is -1.59. The Hall–Kier alpha value is -1.22. The van der Waals surface area contributed by atoms with Gasteiger partial charge < -0.3 is 23.7 Å². The quantitative estimate of drug-likeness (QED) is 0.319. The molecule has 0 spiro atoms. The van der Waals surface area contributed by atoms with E-state index >= 15 is 0 Å². The first-order chi connectivity index (χ1) is 9.99. The SMILES string of the molecule is CCO[Si](CCCNC(=O)/C=C\C(=O)O)(OCC)OCC. The van der Waals surface area contributed by atoms with E-state index in [1.165, 1.54) is 0 Å². The second-order valence-electron chi connectivity index (χ2n) is 4.05. The highest BCUT2D eigenvalue weighted by atomic mass is 28.4. The molecule has 0 aromatic carbocycles. The lowest BCUT2D eigenvalue weighted by molar-refractivity contribution is -0.131. The number of rotatable bonds is 12. The van der Waals surface area contributed by atoms with Gasteiger partial charge >= 0.3 is 14.8 Å². The lowest BCUT2D eigenvalue weighted by Crippen LogP contribution is -2.46. The van der Waals surface area contributed by atoms with Crippen LogP contribution in [0.25, 0.3) is 0 Å². The molecule has 0 heterocycles. The maximum Gasteiger partial charge on any atom is 0.500 e. The van der Waals surface area contributed by atoms with Gasteiger partial charge in [0, 0.05) is 44.6 Å². The van der Waals surface area contributed by atoms with Crippen molar-refractivity contribution in [2.24, 2.45) is 0 Å². The number of hydrogen-bond acceptors (Lipinski definition) is 5. The van der Waals surface area contributed by atoms with Gasteiger partial charge in [-0.3, -0.25) is 4.79 Å². The van der Waals surface area contributed by atoms with Gasteiger partial charge in [0.15, 0.2) is 0 Å². The summed E-state index contributed by atoms with van der Waals surface area (Å²) in [6, 6.07) is 0.603. The van der Waals surface area contributed by atoms with Gasteiger partial charge in [-0.25, -0.2) is 4.79 Å². The van der Waals surface area contributed by atoms with Gasteiger partial charge in [-0.05, 0) is 27.2 Å². The smallest absolute Gasteiger partial charge is 0.478 e. The molecule has 0 aliphatic rings. The van der Waals surface area contributed by atoms with Crippen molar-refractivity contribution in [1.29, 1.82) is 0 Å². The van der Waals surface area contributed by atoms with Crippen molar-refractivity contribution in [2.75, 3.05) is 26.4 Å². The molecule has 0 fully saturated rings. The molecule has 0 bridgehead atoms. The largest absolute Gasteiger partial charge is 0.500 e. The number of hydrogen-bond donors (Lipinski definition) is 2. The summed E-state index contributed by atoms with van der Waals surface area (Å²) in [4.78, 5) is 21.6. The summed E-state index contributed by atoms with van der Waals surface area (Å²) in [7, 11) is -2.67. The Kier molecular flexibility index (Phi) is 10.8. The number of aliphatic carboxylic acids is 1. The van der Waals surface area contributed by atoms with Crippen LogP contribution in [0.3, 0.4) is 0 Å². The molecule has 1 amide bonds. The van der Waals surface area contributed by atoms with Crippen LogP contribution in [0, 0.1) is 0 Å². The van der Waals surface area contributed by atoms with E-state index in [0.717, 1.165) is 12.2 Å². The molecule has 0 aromatic heterocycles. The van der Waals surface area contributed by atoms with Gasteiger partial charge in [-0.15, -0.1) is 0 Å². The normalized spacial score (nSPS) is 11.8. The van der Waals surface area contributed by atoms with E-state index in [2.05, 4.69) is 5.32 Å². The standard InChI is InChI=1S/C13H25NO6Si/c1-4-18-21(19-5-2,20-6-3)11-7-10-14-12(15)8-9-13(16)17/h8-9H,4-7,10-11H2,1-3H3,(H,14,15)(H,16,17)/b9-8-. The molecule has 0 aliphatic heterocycles. The van der Waals surface area contributed by atoms with Gasteiger partial charge in [0.2, 0.25) is 5.91 Å². The number of nitrogens with one attached hydrogen (secondary N) is 1. The summed E-state index contributed by atoms with van der Waals surface area (Å²) in [5, 5.41) is 11.0. The fourth-order valence-corrected chi connectivity index (χ4v) is 4.34. The van der Waals surface area contributed by atoms with Gasteiger partial charge in [0.25, 0.3) is 0 Å². The summed E-state index contributed by atoms with van der Waals surface area (Å²) in [6.45, 7) is 7.61. The Morgan fingerprint density at radius 3 is 2.00 bits per heavy atom. The molecule has 0 atom stereocenters. The van der Waals surface area contributed by atoms with Crippen molar-refractivity contribution in [1.82, 2.24) is 5.32 Å². The van der Waals surface area contributed by atoms with E-state index in [0.29, 0.717) is 38.8 Å². The topological polar surface area (TPSA) is 94.1 Å². The molecule has 0 saturated carbocycles. The molecule has 8 heteroatoms. The van der Waals surface area contributed by atoms with E-state index < -0.39 is 20.7 Å². The molecular formula is C13H25NO6Si. The zero-order valence-corrected chi connectivity index (χ0v) is 13.9. The fraction of sp³-hybridized carbons (Fsp3) is 0.692. The molecule has 0 unspecified atom stereocenters. The minimum Gasteiger partial charge on any atom is -0.478 e. The van der Waals surface area contributed by atoms with E-state index in [-0.39, 0.29) is 0 Å². The van der Waals surface area contributed by atoms with Crippen molar-refractivity contribution in [2.45, 2.75) is 33.2 Å². The van der Waals surface area contributed by atoms with Crippen LogP contribution in [-0.2, 0) is 22.9 Å². The number of carbonyl (C=O) groups is 2. The molecule has 2 N–H and O–H groups in total. The van der Waals surface area contributed by atoms with Gasteiger partial charge in [-0.2, -0.15) is 0 Å². The maximum atomic E-state index is 11.3. The third-order valence-electron chi connectivity index (χ3n) is 2.43. The Bertz CT molecular complexity index is 331. The Labute approximate surface area is 126 Å².